The van der Waals surface area contributed by atoms with Crippen molar-refractivity contribution in [3.05, 3.63) is 98.1 Å². The molecule has 0 aromatic heterocycles. The number of benzene rings is 3. The highest BCUT2D eigenvalue weighted by Gasteiger charge is 2.15. The molecule has 0 saturated carbocycles. The van der Waals surface area contributed by atoms with Crippen LogP contribution in [0.5, 0.6) is 5.75 Å². The Balaban J connectivity index is 1.85. The molecule has 36 heavy (non-hydrogen) atoms. The van der Waals surface area contributed by atoms with Crippen LogP contribution in [0.1, 0.15) is 35.3 Å². The smallest absolute Gasteiger partial charge is 0.287 e. The summed E-state index contributed by atoms with van der Waals surface area (Å²) in [6.07, 6.45) is 2.91. The number of phenols is 1. The maximum Gasteiger partial charge on any atom is 0.287 e. The van der Waals surface area contributed by atoms with Gasteiger partial charge >= 0.3 is 0 Å². The van der Waals surface area contributed by atoms with E-state index in [1.165, 1.54) is 6.21 Å². The number of aromatic hydroxyl groups is 1. The lowest BCUT2D eigenvalue weighted by molar-refractivity contribution is -0.117. The summed E-state index contributed by atoms with van der Waals surface area (Å²) in [7, 11) is 0. The monoisotopic (exact) mass is 612 g/mol. The largest absolute Gasteiger partial charge is 0.506 e. The zero-order valence-electron chi connectivity index (χ0n) is 19.8. The van der Waals surface area contributed by atoms with Gasteiger partial charge < -0.3 is 15.3 Å². The molecule has 3 aromatic carbocycles. The lowest BCUT2D eigenvalue weighted by Crippen LogP contribution is -2.32. The highest BCUT2D eigenvalue weighted by atomic mass is 79.9. The van der Waals surface area contributed by atoms with Crippen LogP contribution in [0, 0.1) is 0 Å². The molecule has 0 spiro atoms. The molecule has 0 bridgehead atoms. The molecule has 0 aliphatic rings. The number of hydrogen-bond acceptors (Lipinski definition) is 5. The minimum Gasteiger partial charge on any atom is -0.506 e. The number of halogens is 2. The van der Waals surface area contributed by atoms with Crippen molar-refractivity contribution in [2.45, 2.75) is 13.8 Å². The van der Waals surface area contributed by atoms with Gasteiger partial charge in [-0.05, 0) is 77.8 Å². The summed E-state index contributed by atoms with van der Waals surface area (Å²) in [5, 5.41) is 16.8. The Hall–Kier alpha value is -3.43. The summed E-state index contributed by atoms with van der Waals surface area (Å²) < 4.78 is 1.21. The van der Waals surface area contributed by atoms with Crippen LogP contribution in [0.15, 0.2) is 86.5 Å². The fraction of sp³-hybridized carbons (Fsp3) is 0.148. The molecule has 2 amide bonds. The second-order valence-corrected chi connectivity index (χ2v) is 9.44. The van der Waals surface area contributed by atoms with Crippen LogP contribution in [0.3, 0.4) is 0 Å². The van der Waals surface area contributed by atoms with Crippen LogP contribution in [-0.2, 0) is 4.79 Å². The molecule has 186 valence electrons. The molecule has 0 fully saturated rings. The molecule has 0 saturated heterocycles. The molecular formula is C27H26Br2N4O3. The number of nitrogens with one attached hydrogen (secondary N) is 2. The van der Waals surface area contributed by atoms with Crippen molar-refractivity contribution in [3.8, 4) is 5.75 Å². The third kappa shape index (κ3) is 7.29. The summed E-state index contributed by atoms with van der Waals surface area (Å²) in [4.78, 5) is 28.0. The first-order valence-corrected chi connectivity index (χ1v) is 12.9. The molecule has 0 radical (unpaired) electrons. The average molecular weight is 614 g/mol. The van der Waals surface area contributed by atoms with E-state index in [0.29, 0.717) is 15.6 Å². The van der Waals surface area contributed by atoms with Crippen molar-refractivity contribution < 1.29 is 14.7 Å². The second kappa shape index (κ2) is 13.0. The zero-order valence-corrected chi connectivity index (χ0v) is 23.0. The number of phenolic OH excluding ortho intramolecular Hbond substituents is 1. The SMILES string of the molecule is CCN(CC)c1ccc(C=C(NC(=O)c2ccccc2)C(=O)NN=Cc2cc(Br)cc(Br)c2O)cc1. The van der Waals surface area contributed by atoms with Gasteiger partial charge in [-0.25, -0.2) is 5.43 Å². The van der Waals surface area contributed by atoms with E-state index < -0.39 is 11.8 Å². The molecule has 3 rings (SSSR count). The third-order valence-electron chi connectivity index (χ3n) is 5.29. The number of carbonyl (C=O) groups excluding carboxylic acids is 2. The van der Waals surface area contributed by atoms with E-state index in [2.05, 4.69) is 66.5 Å². The Kier molecular flexibility index (Phi) is 9.84. The predicted octanol–water partition coefficient (Wildman–Crippen LogP) is 5.68. The second-order valence-electron chi connectivity index (χ2n) is 7.67. The molecular weight excluding hydrogens is 588 g/mol. The van der Waals surface area contributed by atoms with Crippen molar-refractivity contribution in [1.82, 2.24) is 10.7 Å². The van der Waals surface area contributed by atoms with Crippen molar-refractivity contribution in [3.63, 3.8) is 0 Å². The van der Waals surface area contributed by atoms with Crippen LogP contribution in [-0.4, -0.2) is 36.2 Å². The highest BCUT2D eigenvalue weighted by molar-refractivity contribution is 9.11. The first-order valence-electron chi connectivity index (χ1n) is 11.3. The summed E-state index contributed by atoms with van der Waals surface area (Å²) in [6.45, 7) is 5.95. The number of rotatable bonds is 9. The Morgan fingerprint density at radius 1 is 1.00 bits per heavy atom. The topological polar surface area (TPSA) is 94.0 Å². The Bertz CT molecular complexity index is 1270. The van der Waals surface area contributed by atoms with Crippen molar-refractivity contribution >= 4 is 61.7 Å². The van der Waals surface area contributed by atoms with Gasteiger partial charge in [-0.2, -0.15) is 5.10 Å². The standard InChI is InChI=1S/C27H26Br2N4O3/c1-3-33(4-2)22-12-10-18(11-13-22)14-24(31-26(35)19-8-6-5-7-9-19)27(36)32-30-17-20-15-21(28)16-23(29)25(20)34/h5-17,34H,3-4H2,1-2H3,(H,31,35)(H,32,36). The van der Waals surface area contributed by atoms with E-state index >= 15 is 0 Å². The third-order valence-corrected chi connectivity index (χ3v) is 6.35. The van der Waals surface area contributed by atoms with Crippen molar-refractivity contribution in [1.29, 1.82) is 0 Å². The van der Waals surface area contributed by atoms with E-state index in [1.807, 2.05) is 30.3 Å². The number of nitrogens with zero attached hydrogens (tertiary/aromatic N) is 2. The van der Waals surface area contributed by atoms with E-state index in [0.717, 1.165) is 28.8 Å². The van der Waals surface area contributed by atoms with Gasteiger partial charge in [0.2, 0.25) is 0 Å². The normalized spacial score (nSPS) is 11.4. The molecule has 0 atom stereocenters. The van der Waals surface area contributed by atoms with E-state index in [-0.39, 0.29) is 11.4 Å². The number of carbonyl (C=O) groups is 2. The Labute approximate surface area is 227 Å². The number of hydrazone groups is 1. The minimum atomic E-state index is -0.614. The number of hydrogen-bond donors (Lipinski definition) is 3. The van der Waals surface area contributed by atoms with Gasteiger partial charge in [-0.15, -0.1) is 0 Å². The van der Waals surface area contributed by atoms with Gasteiger partial charge in [0.25, 0.3) is 11.8 Å². The molecule has 0 unspecified atom stereocenters. The number of anilines is 1. The fourth-order valence-electron chi connectivity index (χ4n) is 3.38. The van der Waals surface area contributed by atoms with Crippen LogP contribution < -0.4 is 15.6 Å². The van der Waals surface area contributed by atoms with E-state index in [9.17, 15) is 14.7 Å². The lowest BCUT2D eigenvalue weighted by atomic mass is 10.1. The summed E-state index contributed by atoms with van der Waals surface area (Å²) in [5.41, 5.74) is 5.06. The Morgan fingerprint density at radius 2 is 1.67 bits per heavy atom. The predicted molar refractivity (Wildman–Crippen MR) is 151 cm³/mol. The minimum absolute atomic E-state index is 0.0161. The van der Waals surface area contributed by atoms with Gasteiger partial charge in [-0.3, -0.25) is 9.59 Å². The quantitative estimate of drug-likeness (QED) is 0.164. The highest BCUT2D eigenvalue weighted by Crippen LogP contribution is 2.30. The maximum atomic E-state index is 13.0. The lowest BCUT2D eigenvalue weighted by Gasteiger charge is -2.21. The fourth-order valence-corrected chi connectivity index (χ4v) is 4.64. The summed E-state index contributed by atoms with van der Waals surface area (Å²) in [6, 6.07) is 19.7. The summed E-state index contributed by atoms with van der Waals surface area (Å²) in [5.74, 6) is -1.05. The van der Waals surface area contributed by atoms with Gasteiger partial charge in [0.15, 0.2) is 0 Å². The van der Waals surface area contributed by atoms with Crippen LogP contribution in [0.2, 0.25) is 0 Å². The van der Waals surface area contributed by atoms with Gasteiger partial charge in [0.05, 0.1) is 10.7 Å². The molecule has 0 heterocycles. The van der Waals surface area contributed by atoms with Crippen LogP contribution in [0.25, 0.3) is 6.08 Å². The van der Waals surface area contributed by atoms with Crippen LogP contribution >= 0.6 is 31.9 Å². The molecule has 0 aliphatic carbocycles. The van der Waals surface area contributed by atoms with Crippen molar-refractivity contribution in [2.24, 2.45) is 5.10 Å². The maximum absolute atomic E-state index is 13.0. The van der Waals surface area contributed by atoms with E-state index in [4.69, 9.17) is 0 Å². The molecule has 7 nitrogen and oxygen atoms in total. The first-order chi connectivity index (χ1) is 17.3. The zero-order chi connectivity index (χ0) is 26.1. The van der Waals surface area contributed by atoms with Gasteiger partial charge in [-0.1, -0.05) is 46.3 Å². The first kappa shape index (κ1) is 27.2. The summed E-state index contributed by atoms with van der Waals surface area (Å²) >= 11 is 6.61. The molecule has 9 heteroatoms. The van der Waals surface area contributed by atoms with Crippen molar-refractivity contribution in [2.75, 3.05) is 18.0 Å². The van der Waals surface area contributed by atoms with E-state index in [1.54, 1.807) is 42.5 Å². The van der Waals surface area contributed by atoms with Gasteiger partial charge in [0, 0.05) is 34.4 Å². The molecule has 3 N–H and O–H groups in total. The number of amides is 2. The van der Waals surface area contributed by atoms with Crippen LogP contribution in [0.4, 0.5) is 5.69 Å². The molecule has 3 aromatic rings. The molecule has 0 aliphatic heterocycles. The van der Waals surface area contributed by atoms with Gasteiger partial charge in [0.1, 0.15) is 11.4 Å². The average Bonchev–Trinajstić information content (AvgIpc) is 2.88. The Morgan fingerprint density at radius 3 is 2.31 bits per heavy atom.